The highest BCUT2D eigenvalue weighted by atomic mass is 16.5. The Morgan fingerprint density at radius 3 is 2.13 bits per heavy atom. The minimum atomic E-state index is -0.299. The van der Waals surface area contributed by atoms with E-state index in [-0.39, 0.29) is 23.8 Å². The van der Waals surface area contributed by atoms with E-state index in [1.54, 1.807) is 0 Å². The topological polar surface area (TPSA) is 53.9 Å². The molecule has 3 nitrogen and oxygen atoms in total. The second-order valence-corrected chi connectivity index (χ2v) is 6.35. The van der Waals surface area contributed by atoms with E-state index in [1.165, 1.54) is 22.3 Å². The molecule has 0 aromatic heterocycles. The Morgan fingerprint density at radius 2 is 1.61 bits per heavy atom. The van der Waals surface area contributed by atoms with Crippen LogP contribution in [0.4, 0.5) is 0 Å². The smallest absolute Gasteiger partial charge is 0.365 e. The first-order valence-corrected chi connectivity index (χ1v) is 8.31. The van der Waals surface area contributed by atoms with Gasteiger partial charge < -0.3 is 10.5 Å². The van der Waals surface area contributed by atoms with Crippen molar-refractivity contribution in [1.82, 2.24) is 0 Å². The number of carbonyl (C=O) groups is 1. The maximum absolute atomic E-state index is 12.2. The molecular weight excluding hydrogens is 286 g/mol. The second-order valence-electron chi connectivity index (χ2n) is 6.35. The van der Waals surface area contributed by atoms with Crippen molar-refractivity contribution < 1.29 is 15.3 Å². The van der Waals surface area contributed by atoms with Crippen LogP contribution in [0.1, 0.15) is 37.3 Å². The van der Waals surface area contributed by atoms with E-state index in [2.05, 4.69) is 49.1 Å². The number of benzene rings is 2. The van der Waals surface area contributed by atoms with Gasteiger partial charge in [-0.25, -0.2) is 4.79 Å². The van der Waals surface area contributed by atoms with Gasteiger partial charge in [0.25, 0.3) is 0 Å². The summed E-state index contributed by atoms with van der Waals surface area (Å²) in [4.78, 5) is 12.2. The molecule has 3 rings (SSSR count). The van der Waals surface area contributed by atoms with Crippen molar-refractivity contribution >= 4 is 5.97 Å². The van der Waals surface area contributed by atoms with E-state index in [1.807, 2.05) is 19.1 Å². The Labute approximate surface area is 137 Å². The van der Waals surface area contributed by atoms with Crippen molar-refractivity contribution in [3.05, 3.63) is 59.7 Å². The van der Waals surface area contributed by atoms with Gasteiger partial charge in [-0.3, -0.25) is 0 Å². The summed E-state index contributed by atoms with van der Waals surface area (Å²) in [5.74, 6) is 0.169. The van der Waals surface area contributed by atoms with Gasteiger partial charge in [0.1, 0.15) is 6.61 Å². The predicted octanol–water partition coefficient (Wildman–Crippen LogP) is 3.00. The fourth-order valence-electron chi connectivity index (χ4n) is 3.23. The zero-order valence-corrected chi connectivity index (χ0v) is 13.8. The molecule has 3 heteroatoms. The van der Waals surface area contributed by atoms with Crippen LogP contribution in [0.25, 0.3) is 11.1 Å². The summed E-state index contributed by atoms with van der Waals surface area (Å²) in [6.07, 6.45) is 0.929. The molecule has 0 saturated heterocycles. The van der Waals surface area contributed by atoms with Crippen molar-refractivity contribution in [3.8, 4) is 11.1 Å². The molecule has 23 heavy (non-hydrogen) atoms. The molecule has 2 aromatic carbocycles. The number of hydrogen-bond acceptors (Lipinski definition) is 2. The highest BCUT2D eigenvalue weighted by Gasteiger charge is 2.31. The average Bonchev–Trinajstić information content (AvgIpc) is 2.92. The molecule has 0 heterocycles. The summed E-state index contributed by atoms with van der Waals surface area (Å²) in [7, 11) is 0. The van der Waals surface area contributed by atoms with Crippen LogP contribution in [0.5, 0.6) is 0 Å². The van der Waals surface area contributed by atoms with Crippen LogP contribution < -0.4 is 5.73 Å². The monoisotopic (exact) mass is 310 g/mol. The van der Waals surface area contributed by atoms with Gasteiger partial charge in [0, 0.05) is 11.8 Å². The molecule has 0 radical (unpaired) electrons. The lowest BCUT2D eigenvalue weighted by molar-refractivity contribution is -0.420. The molecule has 1 aliphatic carbocycles. The van der Waals surface area contributed by atoms with Crippen LogP contribution in [0.3, 0.4) is 0 Å². The van der Waals surface area contributed by atoms with Gasteiger partial charge in [0.2, 0.25) is 0 Å². The second kappa shape index (κ2) is 6.55. The maximum atomic E-state index is 12.2. The largest absolute Gasteiger partial charge is 0.460 e. The van der Waals surface area contributed by atoms with Crippen LogP contribution in [-0.2, 0) is 9.53 Å². The molecule has 2 unspecified atom stereocenters. The molecule has 0 amide bonds. The lowest BCUT2D eigenvalue weighted by atomic mass is 9.97. The molecule has 0 spiro atoms. The molecule has 0 bridgehead atoms. The van der Waals surface area contributed by atoms with Gasteiger partial charge in [-0.05, 0) is 28.7 Å². The molecule has 0 saturated carbocycles. The molecule has 2 atom stereocenters. The summed E-state index contributed by atoms with van der Waals surface area (Å²) < 4.78 is 5.62. The van der Waals surface area contributed by atoms with Gasteiger partial charge in [-0.15, -0.1) is 0 Å². The zero-order chi connectivity index (χ0) is 16.4. The first-order chi connectivity index (χ1) is 11.1. The summed E-state index contributed by atoms with van der Waals surface area (Å²) in [6, 6.07) is 16.4. The number of fused-ring (bicyclic) bond motifs is 3. The Kier molecular flexibility index (Phi) is 4.49. The lowest BCUT2D eigenvalue weighted by Gasteiger charge is -2.17. The van der Waals surface area contributed by atoms with Crippen LogP contribution in [0.2, 0.25) is 0 Å². The zero-order valence-electron chi connectivity index (χ0n) is 13.8. The normalized spacial score (nSPS) is 15.6. The van der Waals surface area contributed by atoms with E-state index in [4.69, 9.17) is 4.74 Å². The molecular formula is C20H24NO2+. The maximum Gasteiger partial charge on any atom is 0.365 e. The van der Waals surface area contributed by atoms with E-state index < -0.39 is 0 Å². The van der Waals surface area contributed by atoms with E-state index >= 15 is 0 Å². The number of hydrogen-bond donors (Lipinski definition) is 1. The fourth-order valence-corrected chi connectivity index (χ4v) is 3.23. The molecule has 2 aromatic rings. The van der Waals surface area contributed by atoms with Crippen molar-refractivity contribution in [2.75, 3.05) is 6.61 Å². The lowest BCUT2D eigenvalue weighted by Crippen LogP contribution is -2.68. The Morgan fingerprint density at radius 1 is 1.09 bits per heavy atom. The SMILES string of the molecule is CCC(C)C([NH3+])C(=O)OCC1c2ccccc2-c2ccccc21. The number of ether oxygens (including phenoxy) is 1. The number of rotatable bonds is 5. The number of quaternary nitrogens is 1. The quantitative estimate of drug-likeness (QED) is 0.863. The number of esters is 1. The van der Waals surface area contributed by atoms with Crippen molar-refractivity contribution in [2.45, 2.75) is 32.2 Å². The van der Waals surface area contributed by atoms with Gasteiger partial charge >= 0.3 is 5.97 Å². The Balaban J connectivity index is 1.80. The highest BCUT2D eigenvalue weighted by molar-refractivity contribution is 5.79. The first kappa shape index (κ1) is 15.8. The fraction of sp³-hybridized carbons (Fsp3) is 0.350. The van der Waals surface area contributed by atoms with Crippen LogP contribution in [0, 0.1) is 5.92 Å². The molecule has 1 aliphatic rings. The van der Waals surface area contributed by atoms with Crippen LogP contribution in [-0.4, -0.2) is 18.6 Å². The first-order valence-electron chi connectivity index (χ1n) is 8.31. The molecule has 120 valence electrons. The van der Waals surface area contributed by atoms with Crippen molar-refractivity contribution in [2.24, 2.45) is 5.92 Å². The molecule has 3 N–H and O–H groups in total. The van der Waals surface area contributed by atoms with Gasteiger partial charge in [-0.1, -0.05) is 62.4 Å². The van der Waals surface area contributed by atoms with Gasteiger partial charge in [-0.2, -0.15) is 0 Å². The van der Waals surface area contributed by atoms with Crippen LogP contribution >= 0.6 is 0 Å². The van der Waals surface area contributed by atoms with Gasteiger partial charge in [0.05, 0.1) is 0 Å². The van der Waals surface area contributed by atoms with Crippen molar-refractivity contribution in [1.29, 1.82) is 0 Å². The highest BCUT2D eigenvalue weighted by Crippen LogP contribution is 2.44. The minimum absolute atomic E-state index is 0.121. The third kappa shape index (κ3) is 2.89. The summed E-state index contributed by atoms with van der Waals surface area (Å²) in [5.41, 5.74) is 8.95. The summed E-state index contributed by atoms with van der Waals surface area (Å²) in [5, 5.41) is 0. The van der Waals surface area contributed by atoms with Crippen molar-refractivity contribution in [3.63, 3.8) is 0 Å². The summed E-state index contributed by atoms with van der Waals surface area (Å²) >= 11 is 0. The molecule has 0 fully saturated rings. The number of carbonyl (C=O) groups excluding carboxylic acids is 1. The third-order valence-electron chi connectivity index (χ3n) is 4.99. The Hall–Kier alpha value is -2.13. The minimum Gasteiger partial charge on any atom is -0.460 e. The Bertz CT molecular complexity index is 665. The molecule has 0 aliphatic heterocycles. The van der Waals surface area contributed by atoms with E-state index in [9.17, 15) is 4.79 Å². The van der Waals surface area contributed by atoms with E-state index in [0.29, 0.717) is 6.61 Å². The van der Waals surface area contributed by atoms with E-state index in [0.717, 1.165) is 6.42 Å². The van der Waals surface area contributed by atoms with Crippen LogP contribution in [0.15, 0.2) is 48.5 Å². The predicted molar refractivity (Wildman–Crippen MR) is 90.8 cm³/mol. The third-order valence-corrected chi connectivity index (χ3v) is 4.99. The standard InChI is InChI=1S/C20H23NO2/c1-3-13(2)19(21)20(22)23-12-18-16-10-6-4-8-14(16)15-9-5-7-11-17(15)18/h4-11,13,18-19H,3,12,21H2,1-2H3/p+1. The van der Waals surface area contributed by atoms with Gasteiger partial charge in [0.15, 0.2) is 6.04 Å². The summed E-state index contributed by atoms with van der Waals surface area (Å²) in [6.45, 7) is 4.49. The average molecular weight is 310 g/mol.